The molecule has 1 unspecified atom stereocenters. The molecule has 6 heteroatoms. The van der Waals surface area contributed by atoms with E-state index in [2.05, 4.69) is 5.32 Å². The lowest BCUT2D eigenvalue weighted by atomic mass is 9.90. The smallest absolute Gasteiger partial charge is 0.407 e. The maximum Gasteiger partial charge on any atom is 0.407 e. The molecule has 0 heterocycles. The van der Waals surface area contributed by atoms with Gasteiger partial charge >= 0.3 is 12.2 Å². The Hall–Kier alpha value is -1.46. The van der Waals surface area contributed by atoms with E-state index in [-0.39, 0.29) is 19.3 Å². The number of alkyl carbamates (subject to hydrolysis) is 1. The van der Waals surface area contributed by atoms with Gasteiger partial charge in [0.25, 0.3) is 0 Å². The van der Waals surface area contributed by atoms with Crippen LogP contribution in [-0.2, 0) is 9.47 Å². The summed E-state index contributed by atoms with van der Waals surface area (Å²) in [4.78, 5) is 21.8. The zero-order valence-corrected chi connectivity index (χ0v) is 10.9. The molecule has 0 saturated carbocycles. The minimum Gasteiger partial charge on any atom is -0.449 e. The summed E-state index contributed by atoms with van der Waals surface area (Å²) in [5, 5.41) is 2.61. The van der Waals surface area contributed by atoms with Crippen LogP contribution in [0.15, 0.2) is 0 Å². The lowest BCUT2D eigenvalue weighted by Crippen LogP contribution is -2.36. The predicted molar refractivity (Wildman–Crippen MR) is 63.6 cm³/mol. The highest BCUT2D eigenvalue weighted by atomic mass is 16.6. The first-order chi connectivity index (χ1) is 7.79. The molecule has 0 fully saturated rings. The Bertz CT molecular complexity index is 268. The van der Waals surface area contributed by atoms with Gasteiger partial charge in [-0.05, 0) is 20.3 Å². The molecule has 0 aromatic heterocycles. The largest absolute Gasteiger partial charge is 0.449 e. The first kappa shape index (κ1) is 15.5. The molecule has 0 bridgehead atoms. The number of carbonyl (C=O) groups is 2. The van der Waals surface area contributed by atoms with Crippen LogP contribution in [-0.4, -0.2) is 31.4 Å². The summed E-state index contributed by atoms with van der Waals surface area (Å²) in [7, 11) is 0. The van der Waals surface area contributed by atoms with Crippen LogP contribution in [0.1, 0.15) is 34.1 Å². The maximum absolute atomic E-state index is 11.3. The van der Waals surface area contributed by atoms with Crippen molar-refractivity contribution < 1.29 is 19.1 Å². The van der Waals surface area contributed by atoms with E-state index in [1.54, 1.807) is 0 Å². The zero-order valence-electron chi connectivity index (χ0n) is 10.9. The van der Waals surface area contributed by atoms with Crippen LogP contribution in [0.3, 0.4) is 0 Å². The maximum atomic E-state index is 11.3. The van der Waals surface area contributed by atoms with Crippen molar-refractivity contribution in [2.75, 3.05) is 13.2 Å². The summed E-state index contributed by atoms with van der Waals surface area (Å²) in [6.45, 7) is 7.78. The third-order valence-electron chi connectivity index (χ3n) is 2.37. The molecule has 0 radical (unpaired) electrons. The highest BCUT2D eigenvalue weighted by molar-refractivity contribution is 5.67. The van der Waals surface area contributed by atoms with Crippen LogP contribution < -0.4 is 11.1 Å². The SMILES string of the molecule is CCC(C)(COC(N)=O)COC(=O)NC(C)C. The van der Waals surface area contributed by atoms with Gasteiger partial charge in [-0.25, -0.2) is 9.59 Å². The minimum absolute atomic E-state index is 0.0252. The number of nitrogens with two attached hydrogens (primary N) is 1. The van der Waals surface area contributed by atoms with Crippen molar-refractivity contribution >= 4 is 12.2 Å². The first-order valence-corrected chi connectivity index (χ1v) is 5.64. The molecule has 0 aromatic carbocycles. The van der Waals surface area contributed by atoms with E-state index in [9.17, 15) is 9.59 Å². The van der Waals surface area contributed by atoms with E-state index < -0.39 is 17.6 Å². The van der Waals surface area contributed by atoms with Crippen LogP contribution >= 0.6 is 0 Å². The van der Waals surface area contributed by atoms with Gasteiger partial charge in [-0.1, -0.05) is 13.8 Å². The molecule has 2 amide bonds. The van der Waals surface area contributed by atoms with Gasteiger partial charge in [0, 0.05) is 11.5 Å². The molecule has 0 aliphatic carbocycles. The van der Waals surface area contributed by atoms with E-state index in [1.165, 1.54) is 0 Å². The molecule has 0 spiro atoms. The van der Waals surface area contributed by atoms with Gasteiger partial charge < -0.3 is 20.5 Å². The van der Waals surface area contributed by atoms with E-state index in [4.69, 9.17) is 15.2 Å². The Morgan fingerprint density at radius 3 is 2.24 bits per heavy atom. The van der Waals surface area contributed by atoms with Crippen molar-refractivity contribution in [2.45, 2.75) is 40.2 Å². The van der Waals surface area contributed by atoms with Crippen molar-refractivity contribution in [1.82, 2.24) is 5.32 Å². The fraction of sp³-hybridized carbons (Fsp3) is 0.818. The fourth-order valence-corrected chi connectivity index (χ4v) is 1.01. The summed E-state index contributed by atoms with van der Waals surface area (Å²) in [5.41, 5.74) is 4.48. The molecule has 0 aliphatic heterocycles. The van der Waals surface area contributed by atoms with Gasteiger partial charge in [-0.3, -0.25) is 0 Å². The topological polar surface area (TPSA) is 90.7 Å². The number of rotatable bonds is 6. The zero-order chi connectivity index (χ0) is 13.5. The molecule has 17 heavy (non-hydrogen) atoms. The molecular weight excluding hydrogens is 224 g/mol. The van der Waals surface area contributed by atoms with Crippen LogP contribution in [0.2, 0.25) is 0 Å². The number of amides is 2. The van der Waals surface area contributed by atoms with E-state index >= 15 is 0 Å². The molecule has 0 aromatic rings. The van der Waals surface area contributed by atoms with Crippen LogP contribution in [0.25, 0.3) is 0 Å². The second kappa shape index (κ2) is 6.98. The van der Waals surface area contributed by atoms with Crippen molar-refractivity contribution in [3.63, 3.8) is 0 Å². The number of nitrogens with one attached hydrogen (secondary N) is 1. The Morgan fingerprint density at radius 2 is 1.82 bits per heavy atom. The summed E-state index contributed by atoms with van der Waals surface area (Å²) in [6, 6.07) is 0.0252. The molecule has 100 valence electrons. The van der Waals surface area contributed by atoms with Crippen molar-refractivity contribution in [1.29, 1.82) is 0 Å². The molecule has 1 atom stereocenters. The van der Waals surface area contributed by atoms with Gasteiger partial charge in [0.2, 0.25) is 0 Å². The third-order valence-corrected chi connectivity index (χ3v) is 2.37. The highest BCUT2D eigenvalue weighted by Crippen LogP contribution is 2.21. The van der Waals surface area contributed by atoms with Gasteiger partial charge in [0.1, 0.15) is 13.2 Å². The Kier molecular flexibility index (Phi) is 6.38. The predicted octanol–water partition coefficient (Wildman–Crippen LogP) is 1.63. The number of hydrogen-bond acceptors (Lipinski definition) is 4. The molecule has 0 aliphatic rings. The average Bonchev–Trinajstić information content (AvgIpc) is 2.23. The lowest BCUT2D eigenvalue weighted by molar-refractivity contribution is 0.0365. The number of hydrogen-bond donors (Lipinski definition) is 2. The van der Waals surface area contributed by atoms with Crippen molar-refractivity contribution in [3.05, 3.63) is 0 Å². The van der Waals surface area contributed by atoms with Crippen LogP contribution in [0.4, 0.5) is 9.59 Å². The quantitative estimate of drug-likeness (QED) is 0.745. The summed E-state index contributed by atoms with van der Waals surface area (Å²) in [5.74, 6) is 0. The standard InChI is InChI=1S/C11H22N2O4/c1-5-11(4,6-16-9(12)14)7-17-10(15)13-8(2)3/h8H,5-7H2,1-4H3,(H2,12,14)(H,13,15). The second-order valence-corrected chi connectivity index (χ2v) is 4.65. The monoisotopic (exact) mass is 246 g/mol. The molecule has 6 nitrogen and oxygen atoms in total. The summed E-state index contributed by atoms with van der Waals surface area (Å²) < 4.78 is 9.80. The lowest BCUT2D eigenvalue weighted by Gasteiger charge is -2.26. The number of ether oxygens (including phenoxy) is 2. The van der Waals surface area contributed by atoms with E-state index in [1.807, 2.05) is 27.7 Å². The molecule has 0 rings (SSSR count). The normalized spacial score (nSPS) is 13.9. The molecule has 3 N–H and O–H groups in total. The van der Waals surface area contributed by atoms with Crippen molar-refractivity contribution in [2.24, 2.45) is 11.1 Å². The van der Waals surface area contributed by atoms with Gasteiger partial charge in [-0.15, -0.1) is 0 Å². The van der Waals surface area contributed by atoms with Crippen LogP contribution in [0, 0.1) is 5.41 Å². The third kappa shape index (κ3) is 7.43. The number of carbonyl (C=O) groups excluding carboxylic acids is 2. The van der Waals surface area contributed by atoms with Crippen molar-refractivity contribution in [3.8, 4) is 0 Å². The summed E-state index contributed by atoms with van der Waals surface area (Å²) >= 11 is 0. The van der Waals surface area contributed by atoms with E-state index in [0.717, 1.165) is 0 Å². The van der Waals surface area contributed by atoms with Gasteiger partial charge in [0.15, 0.2) is 0 Å². The minimum atomic E-state index is -0.823. The number of primary amides is 1. The highest BCUT2D eigenvalue weighted by Gasteiger charge is 2.26. The van der Waals surface area contributed by atoms with Gasteiger partial charge in [0.05, 0.1) is 0 Å². The van der Waals surface area contributed by atoms with Crippen LogP contribution in [0.5, 0.6) is 0 Å². The second-order valence-electron chi connectivity index (χ2n) is 4.65. The Morgan fingerprint density at radius 1 is 1.29 bits per heavy atom. The first-order valence-electron chi connectivity index (χ1n) is 5.64. The Labute approximate surface area is 102 Å². The molecular formula is C11H22N2O4. The fourth-order valence-electron chi connectivity index (χ4n) is 1.01. The van der Waals surface area contributed by atoms with Gasteiger partial charge in [-0.2, -0.15) is 0 Å². The average molecular weight is 246 g/mol. The van der Waals surface area contributed by atoms with E-state index in [0.29, 0.717) is 6.42 Å². The Balaban J connectivity index is 4.10. The molecule has 0 saturated heterocycles. The summed E-state index contributed by atoms with van der Waals surface area (Å²) in [6.07, 6.45) is -0.593.